The molecule has 1 saturated heterocycles. The van der Waals surface area contributed by atoms with Gasteiger partial charge in [-0.1, -0.05) is 46.8 Å². The molecule has 0 radical (unpaired) electrons. The van der Waals surface area contributed by atoms with Crippen LogP contribution in [-0.4, -0.2) is 45.3 Å². The monoisotopic (exact) mass is 420 g/mol. The minimum Gasteiger partial charge on any atom is -0.337 e. The van der Waals surface area contributed by atoms with Gasteiger partial charge in [-0.25, -0.2) is 4.90 Å². The molecule has 30 heavy (non-hydrogen) atoms. The van der Waals surface area contributed by atoms with Crippen molar-refractivity contribution in [3.63, 3.8) is 0 Å². The van der Waals surface area contributed by atoms with Crippen LogP contribution in [0.25, 0.3) is 11.4 Å². The van der Waals surface area contributed by atoms with Gasteiger partial charge in [-0.2, -0.15) is 10.1 Å². The molecule has 0 spiro atoms. The number of rotatable bonds is 5. The molecule has 0 bridgehead atoms. The minimum absolute atomic E-state index is 0.0855. The summed E-state index contributed by atoms with van der Waals surface area (Å²) in [7, 11) is 0. The van der Waals surface area contributed by atoms with Crippen molar-refractivity contribution in [3.05, 3.63) is 60.5 Å². The summed E-state index contributed by atoms with van der Waals surface area (Å²) in [6.45, 7) is 0.0855. The normalized spacial score (nSPS) is 20.3. The van der Waals surface area contributed by atoms with Crippen molar-refractivity contribution >= 4 is 29.3 Å². The third kappa shape index (κ3) is 3.05. The Balaban J connectivity index is 1.37. The summed E-state index contributed by atoms with van der Waals surface area (Å²) >= 11 is 1.54. The number of carbonyl (C=O) groups excluding carboxylic acids is 2. The fourth-order valence-corrected chi connectivity index (χ4v) is 3.97. The van der Waals surface area contributed by atoms with E-state index in [1.54, 1.807) is 6.07 Å². The van der Waals surface area contributed by atoms with Crippen molar-refractivity contribution < 1.29 is 14.1 Å². The number of aromatic nitrogens is 2. The van der Waals surface area contributed by atoms with E-state index in [-0.39, 0.29) is 24.2 Å². The zero-order valence-corrected chi connectivity index (χ0v) is 16.7. The van der Waals surface area contributed by atoms with E-state index >= 15 is 0 Å². The molecule has 0 saturated carbocycles. The summed E-state index contributed by atoms with van der Waals surface area (Å²) in [5.41, 5.74) is 1.35. The van der Waals surface area contributed by atoms with Gasteiger partial charge in [-0.05, 0) is 24.5 Å². The van der Waals surface area contributed by atoms with Crippen molar-refractivity contribution in [2.24, 2.45) is 10.3 Å². The first-order valence-electron chi connectivity index (χ1n) is 9.23. The second kappa shape index (κ2) is 7.38. The summed E-state index contributed by atoms with van der Waals surface area (Å²) in [6, 6.07) is 15.0. The molecule has 0 N–H and O–H groups in total. The van der Waals surface area contributed by atoms with E-state index in [0.29, 0.717) is 11.5 Å². The summed E-state index contributed by atoms with van der Waals surface area (Å²) < 4.78 is 5.32. The number of imide groups is 1. The number of carbonyl (C=O) groups is 2. The SMILES string of the molecule is CSc1cccc(N2C(=O)[C@H]3N=NN(Cc4nc(-c5ccccc5)no4)[C@@H]3C2=O)c1. The van der Waals surface area contributed by atoms with Gasteiger partial charge in [-0.15, -0.1) is 11.8 Å². The lowest BCUT2D eigenvalue weighted by Crippen LogP contribution is -2.39. The number of fused-ring (bicyclic) bond motifs is 1. The lowest BCUT2D eigenvalue weighted by molar-refractivity contribution is -0.123. The molecule has 1 aromatic heterocycles. The molecule has 2 aliphatic rings. The topological polar surface area (TPSA) is 104 Å². The van der Waals surface area contributed by atoms with Crippen molar-refractivity contribution in [1.29, 1.82) is 0 Å². The van der Waals surface area contributed by atoms with Gasteiger partial charge in [0.1, 0.15) is 6.54 Å². The zero-order chi connectivity index (χ0) is 20.7. The van der Waals surface area contributed by atoms with Crippen molar-refractivity contribution in [3.8, 4) is 11.4 Å². The van der Waals surface area contributed by atoms with Crippen LogP contribution in [0.2, 0.25) is 0 Å². The molecule has 2 aliphatic heterocycles. The highest BCUT2D eigenvalue weighted by Crippen LogP contribution is 2.34. The molecule has 10 heteroatoms. The smallest absolute Gasteiger partial charge is 0.263 e. The van der Waals surface area contributed by atoms with E-state index < -0.39 is 12.1 Å². The van der Waals surface area contributed by atoms with E-state index in [1.165, 1.54) is 21.7 Å². The zero-order valence-electron chi connectivity index (χ0n) is 15.9. The average molecular weight is 420 g/mol. The molecule has 2 atom stereocenters. The Labute approximate surface area is 175 Å². The molecule has 2 aromatic carbocycles. The number of nitrogens with zero attached hydrogens (tertiary/aromatic N) is 6. The maximum Gasteiger partial charge on any atom is 0.263 e. The number of hydrogen-bond acceptors (Lipinski definition) is 9. The molecular weight excluding hydrogens is 404 g/mol. The molecule has 2 amide bonds. The molecule has 3 heterocycles. The predicted octanol–water partition coefficient (Wildman–Crippen LogP) is 2.95. The number of hydrogen-bond donors (Lipinski definition) is 0. The Morgan fingerprint density at radius 1 is 1.07 bits per heavy atom. The highest BCUT2D eigenvalue weighted by molar-refractivity contribution is 7.98. The fourth-order valence-electron chi connectivity index (χ4n) is 3.52. The third-order valence-electron chi connectivity index (χ3n) is 4.97. The molecule has 5 rings (SSSR count). The highest BCUT2D eigenvalue weighted by Gasteiger charge is 2.55. The molecule has 3 aromatic rings. The van der Waals surface area contributed by atoms with Gasteiger partial charge < -0.3 is 4.52 Å². The summed E-state index contributed by atoms with van der Waals surface area (Å²) in [6.07, 6.45) is 1.94. The molecular formula is C20H16N6O3S. The van der Waals surface area contributed by atoms with Crippen LogP contribution in [0.4, 0.5) is 5.69 Å². The molecule has 9 nitrogen and oxygen atoms in total. The van der Waals surface area contributed by atoms with Crippen molar-refractivity contribution in [2.75, 3.05) is 11.2 Å². The first-order chi connectivity index (χ1) is 14.7. The first-order valence-corrected chi connectivity index (χ1v) is 10.5. The second-order valence-electron chi connectivity index (χ2n) is 6.78. The van der Waals surface area contributed by atoms with Crippen LogP contribution in [0.5, 0.6) is 0 Å². The van der Waals surface area contributed by atoms with Gasteiger partial charge in [0.25, 0.3) is 11.8 Å². The van der Waals surface area contributed by atoms with Crippen molar-refractivity contribution in [2.45, 2.75) is 23.5 Å². The van der Waals surface area contributed by atoms with E-state index in [4.69, 9.17) is 4.52 Å². The van der Waals surface area contributed by atoms with E-state index in [1.807, 2.05) is 54.8 Å². The molecule has 1 fully saturated rings. The average Bonchev–Trinajstić information content (AvgIpc) is 3.47. The fraction of sp³-hybridized carbons (Fsp3) is 0.200. The van der Waals surface area contributed by atoms with Crippen molar-refractivity contribution in [1.82, 2.24) is 15.1 Å². The van der Waals surface area contributed by atoms with Gasteiger partial charge in [0, 0.05) is 10.5 Å². The Morgan fingerprint density at radius 3 is 2.70 bits per heavy atom. The Hall–Kier alpha value is -3.53. The summed E-state index contributed by atoms with van der Waals surface area (Å²) in [4.78, 5) is 32.5. The lowest BCUT2D eigenvalue weighted by atomic mass is 10.1. The first kappa shape index (κ1) is 18.5. The predicted molar refractivity (Wildman–Crippen MR) is 108 cm³/mol. The van der Waals surface area contributed by atoms with Gasteiger partial charge in [0.15, 0.2) is 12.1 Å². The minimum atomic E-state index is -0.869. The van der Waals surface area contributed by atoms with Crippen LogP contribution in [0.1, 0.15) is 5.89 Å². The number of benzene rings is 2. The number of thioether (sulfide) groups is 1. The largest absolute Gasteiger partial charge is 0.337 e. The van der Waals surface area contributed by atoms with E-state index in [0.717, 1.165) is 10.5 Å². The Bertz CT molecular complexity index is 1150. The number of amides is 2. The van der Waals surface area contributed by atoms with Crippen LogP contribution in [0.3, 0.4) is 0 Å². The summed E-state index contributed by atoms with van der Waals surface area (Å²) in [5, 5.41) is 13.5. The molecule has 150 valence electrons. The second-order valence-corrected chi connectivity index (χ2v) is 7.66. The lowest BCUT2D eigenvalue weighted by Gasteiger charge is -2.19. The van der Waals surface area contributed by atoms with Crippen LogP contribution in [-0.2, 0) is 16.1 Å². The van der Waals surface area contributed by atoms with Gasteiger partial charge in [-0.3, -0.25) is 14.6 Å². The molecule has 0 aliphatic carbocycles. The van der Waals surface area contributed by atoms with Gasteiger partial charge in [0.05, 0.1) is 5.69 Å². The Morgan fingerprint density at radius 2 is 1.90 bits per heavy atom. The standard InChI is InChI=1S/C20H16N6O3S/c1-30-14-9-5-8-13(10-14)26-19(27)16-17(20(26)28)25(24-22-16)11-15-21-18(23-29-15)12-6-3-2-4-7-12/h2-10,16-17H,11H2,1H3/t16-,17-/m0/s1. The maximum absolute atomic E-state index is 13.1. The van der Waals surface area contributed by atoms with Gasteiger partial charge in [0.2, 0.25) is 11.7 Å². The van der Waals surface area contributed by atoms with Crippen LogP contribution >= 0.6 is 11.8 Å². The van der Waals surface area contributed by atoms with Crippen LogP contribution < -0.4 is 4.90 Å². The van der Waals surface area contributed by atoms with Gasteiger partial charge >= 0.3 is 0 Å². The third-order valence-corrected chi connectivity index (χ3v) is 5.69. The Kier molecular flexibility index (Phi) is 4.55. The maximum atomic E-state index is 13.1. The quantitative estimate of drug-likeness (QED) is 0.462. The van der Waals surface area contributed by atoms with E-state index in [2.05, 4.69) is 20.5 Å². The molecule has 0 unspecified atom stereocenters. The van der Waals surface area contributed by atoms with Crippen LogP contribution in [0, 0.1) is 0 Å². The number of anilines is 1. The van der Waals surface area contributed by atoms with Crippen LogP contribution in [0.15, 0.2) is 74.4 Å². The highest BCUT2D eigenvalue weighted by atomic mass is 32.2. The van der Waals surface area contributed by atoms with E-state index in [9.17, 15) is 9.59 Å². The summed E-state index contributed by atoms with van der Waals surface area (Å²) in [5.74, 6) is -0.0137.